The minimum absolute atomic E-state index is 0.00682. The van der Waals surface area contributed by atoms with Gasteiger partial charge in [0.1, 0.15) is 0 Å². The van der Waals surface area contributed by atoms with Gasteiger partial charge in [0.05, 0.1) is 18.6 Å². The summed E-state index contributed by atoms with van der Waals surface area (Å²) in [5.74, 6) is 3.78. The van der Waals surface area contributed by atoms with Crippen molar-refractivity contribution in [3.8, 4) is 0 Å². The average molecular weight is 473 g/mol. The Morgan fingerprint density at radius 1 is 0.824 bits per heavy atom. The van der Waals surface area contributed by atoms with Crippen LogP contribution in [-0.2, 0) is 9.53 Å². The Labute approximate surface area is 209 Å². The van der Waals surface area contributed by atoms with Gasteiger partial charge in [-0.2, -0.15) is 0 Å². The fourth-order valence-corrected chi connectivity index (χ4v) is 11.9. The lowest BCUT2D eigenvalue weighted by Crippen LogP contribution is -2.67. The highest BCUT2D eigenvalue weighted by atomic mass is 16.5. The van der Waals surface area contributed by atoms with E-state index in [1.54, 1.807) is 7.11 Å². The first-order valence-corrected chi connectivity index (χ1v) is 14.6. The van der Waals surface area contributed by atoms with Gasteiger partial charge in [0.15, 0.2) is 0 Å². The number of fused-ring (bicyclic) bond motifs is 7. The number of carbonyl (C=O) groups is 1. The molecule has 5 rings (SSSR count). The van der Waals surface area contributed by atoms with Gasteiger partial charge in [-0.3, -0.25) is 4.79 Å². The van der Waals surface area contributed by atoms with Crippen molar-refractivity contribution in [1.82, 2.24) is 0 Å². The lowest BCUT2D eigenvalue weighted by Gasteiger charge is -2.72. The molecular weight excluding hydrogens is 420 g/mol. The normalized spacial score (nSPS) is 53.9. The number of hydrogen-bond donors (Lipinski definition) is 1. The molecule has 3 nitrogen and oxygen atoms in total. The lowest BCUT2D eigenvalue weighted by molar-refractivity contribution is -0.249. The quantitative estimate of drug-likeness (QED) is 0.430. The molecular formula is C31H52O3. The number of carbonyl (C=O) groups excluding carboxylic acids is 1. The zero-order valence-corrected chi connectivity index (χ0v) is 23.4. The van der Waals surface area contributed by atoms with Crippen molar-refractivity contribution >= 4 is 5.97 Å². The van der Waals surface area contributed by atoms with Crippen LogP contribution in [-0.4, -0.2) is 24.3 Å². The number of esters is 1. The molecule has 5 saturated carbocycles. The van der Waals surface area contributed by atoms with Crippen molar-refractivity contribution in [2.24, 2.45) is 62.6 Å². The molecule has 0 aromatic carbocycles. The molecule has 34 heavy (non-hydrogen) atoms. The maximum atomic E-state index is 13.4. The van der Waals surface area contributed by atoms with E-state index in [1.165, 1.54) is 44.9 Å². The summed E-state index contributed by atoms with van der Waals surface area (Å²) in [4.78, 5) is 13.4. The van der Waals surface area contributed by atoms with E-state index in [9.17, 15) is 9.90 Å². The maximum Gasteiger partial charge on any atom is 0.312 e. The second-order valence-electron chi connectivity index (χ2n) is 15.2. The number of aliphatic hydroxyl groups is 1. The van der Waals surface area contributed by atoms with Gasteiger partial charge in [-0.25, -0.2) is 0 Å². The highest BCUT2D eigenvalue weighted by Gasteiger charge is 2.72. The first-order valence-electron chi connectivity index (χ1n) is 14.6. The van der Waals surface area contributed by atoms with E-state index >= 15 is 0 Å². The first kappa shape index (κ1) is 25.1. The Bertz CT molecular complexity index is 833. The van der Waals surface area contributed by atoms with E-state index in [0.29, 0.717) is 40.4 Å². The van der Waals surface area contributed by atoms with Crippen LogP contribution in [0.2, 0.25) is 0 Å². The largest absolute Gasteiger partial charge is 0.469 e. The SMILES string of the molecule is COC(=O)[C@]12CCC(C(C)C)C1C1CCC3[C@@]4(C)CC[C@H](O)C(C)(C)C4CC[C@@]3(C)[C@]1(C)CC2. The topological polar surface area (TPSA) is 46.5 Å². The lowest BCUT2D eigenvalue weighted by atomic mass is 9.32. The molecule has 0 heterocycles. The van der Waals surface area contributed by atoms with Gasteiger partial charge in [-0.05, 0) is 121 Å². The minimum atomic E-state index is -0.241. The van der Waals surface area contributed by atoms with Gasteiger partial charge in [0, 0.05) is 0 Å². The second kappa shape index (κ2) is 7.72. The number of ether oxygens (including phenoxy) is 1. The van der Waals surface area contributed by atoms with Crippen molar-refractivity contribution in [3.05, 3.63) is 0 Å². The highest BCUT2D eigenvalue weighted by molar-refractivity contribution is 5.78. The third-order valence-corrected chi connectivity index (χ3v) is 13.9. The smallest absolute Gasteiger partial charge is 0.312 e. The molecule has 0 aromatic rings. The fraction of sp³-hybridized carbons (Fsp3) is 0.968. The summed E-state index contributed by atoms with van der Waals surface area (Å²) in [6.07, 6.45) is 11.5. The zero-order chi connectivity index (χ0) is 24.9. The number of hydrogen-bond acceptors (Lipinski definition) is 3. The zero-order valence-electron chi connectivity index (χ0n) is 23.4. The van der Waals surface area contributed by atoms with E-state index in [2.05, 4.69) is 48.5 Å². The Morgan fingerprint density at radius 3 is 2.18 bits per heavy atom. The van der Waals surface area contributed by atoms with Crippen LogP contribution in [0.1, 0.15) is 113 Å². The average Bonchev–Trinajstić information content (AvgIpc) is 3.18. The van der Waals surface area contributed by atoms with Crippen LogP contribution >= 0.6 is 0 Å². The molecule has 0 aromatic heterocycles. The summed E-state index contributed by atoms with van der Waals surface area (Å²) in [6, 6.07) is 0. The summed E-state index contributed by atoms with van der Waals surface area (Å²) in [5.41, 5.74) is 0.672. The third-order valence-electron chi connectivity index (χ3n) is 13.9. The Balaban J connectivity index is 1.56. The first-order chi connectivity index (χ1) is 15.8. The van der Waals surface area contributed by atoms with Crippen molar-refractivity contribution in [2.45, 2.75) is 119 Å². The highest BCUT2D eigenvalue weighted by Crippen LogP contribution is 2.77. The predicted molar refractivity (Wildman–Crippen MR) is 137 cm³/mol. The summed E-state index contributed by atoms with van der Waals surface area (Å²) < 4.78 is 5.52. The monoisotopic (exact) mass is 472 g/mol. The Kier molecular flexibility index (Phi) is 5.70. The van der Waals surface area contributed by atoms with Crippen LogP contribution in [0.3, 0.4) is 0 Å². The molecule has 5 aliphatic carbocycles. The van der Waals surface area contributed by atoms with Gasteiger partial charge < -0.3 is 9.84 Å². The second-order valence-corrected chi connectivity index (χ2v) is 15.2. The Hall–Kier alpha value is -0.570. The van der Waals surface area contributed by atoms with E-state index in [4.69, 9.17) is 4.74 Å². The van der Waals surface area contributed by atoms with Crippen molar-refractivity contribution in [1.29, 1.82) is 0 Å². The van der Waals surface area contributed by atoms with Crippen molar-refractivity contribution in [3.63, 3.8) is 0 Å². The van der Waals surface area contributed by atoms with E-state index in [0.717, 1.165) is 25.2 Å². The molecule has 3 heteroatoms. The third kappa shape index (κ3) is 2.89. The molecule has 0 radical (unpaired) electrons. The molecule has 0 aliphatic heterocycles. The van der Waals surface area contributed by atoms with Crippen LogP contribution in [0.4, 0.5) is 0 Å². The summed E-state index contributed by atoms with van der Waals surface area (Å²) >= 11 is 0. The molecule has 5 fully saturated rings. The molecule has 10 atom stereocenters. The van der Waals surface area contributed by atoms with Crippen LogP contribution < -0.4 is 0 Å². The Morgan fingerprint density at radius 2 is 1.53 bits per heavy atom. The van der Waals surface area contributed by atoms with Gasteiger partial charge in [-0.1, -0.05) is 48.5 Å². The summed E-state index contributed by atoms with van der Waals surface area (Å²) in [6.45, 7) is 17.4. The summed E-state index contributed by atoms with van der Waals surface area (Å²) in [5, 5.41) is 10.9. The minimum Gasteiger partial charge on any atom is -0.469 e. The van der Waals surface area contributed by atoms with Gasteiger partial charge in [0.2, 0.25) is 0 Å². The van der Waals surface area contributed by atoms with Crippen LogP contribution in [0, 0.1) is 62.6 Å². The number of methoxy groups -OCH3 is 1. The predicted octanol–water partition coefficient (Wildman–Crippen LogP) is 7.26. The number of aliphatic hydroxyl groups excluding tert-OH is 1. The maximum absolute atomic E-state index is 13.4. The molecule has 0 saturated heterocycles. The van der Waals surface area contributed by atoms with E-state index < -0.39 is 0 Å². The van der Waals surface area contributed by atoms with Crippen molar-refractivity contribution < 1.29 is 14.6 Å². The number of rotatable bonds is 2. The molecule has 5 aliphatic rings. The molecule has 1 N–H and O–H groups in total. The van der Waals surface area contributed by atoms with E-state index in [-0.39, 0.29) is 28.3 Å². The molecule has 5 unspecified atom stereocenters. The molecule has 0 bridgehead atoms. The van der Waals surface area contributed by atoms with Gasteiger partial charge >= 0.3 is 5.97 Å². The molecule has 194 valence electrons. The van der Waals surface area contributed by atoms with Gasteiger partial charge in [-0.15, -0.1) is 0 Å². The molecule has 0 amide bonds. The standard InChI is InChI=1S/C31H52O3/c1-19(2)20-11-16-31(26(33)34-8)18-17-29(6)21(25(20)31)9-10-23-28(5)14-13-24(32)27(3,4)22(28)12-15-30(23,29)7/h19-25,32H,9-18H2,1-8H3/t20?,21?,22?,23?,24-,25?,28-,29+,30+,31-/m0/s1. The van der Waals surface area contributed by atoms with Crippen LogP contribution in [0.5, 0.6) is 0 Å². The summed E-state index contributed by atoms with van der Waals surface area (Å²) in [7, 11) is 1.62. The fourth-order valence-electron chi connectivity index (χ4n) is 11.9. The van der Waals surface area contributed by atoms with Crippen LogP contribution in [0.25, 0.3) is 0 Å². The van der Waals surface area contributed by atoms with Gasteiger partial charge in [0.25, 0.3) is 0 Å². The van der Waals surface area contributed by atoms with Crippen molar-refractivity contribution in [2.75, 3.05) is 7.11 Å². The van der Waals surface area contributed by atoms with Crippen LogP contribution in [0.15, 0.2) is 0 Å². The molecule has 0 spiro atoms. The van der Waals surface area contributed by atoms with E-state index in [1.807, 2.05) is 0 Å².